The SMILES string of the molecule is CCCNc1cncc(Oc2ccc(F)cc2C)n1. The van der Waals surface area contributed by atoms with Gasteiger partial charge in [-0.15, -0.1) is 0 Å². The van der Waals surface area contributed by atoms with E-state index in [1.807, 2.05) is 0 Å². The molecule has 4 nitrogen and oxygen atoms in total. The molecule has 0 fully saturated rings. The van der Waals surface area contributed by atoms with Crippen LogP contribution in [0.3, 0.4) is 0 Å². The van der Waals surface area contributed by atoms with Crippen LogP contribution in [-0.4, -0.2) is 16.5 Å². The van der Waals surface area contributed by atoms with Gasteiger partial charge in [0.2, 0.25) is 5.88 Å². The summed E-state index contributed by atoms with van der Waals surface area (Å²) >= 11 is 0. The van der Waals surface area contributed by atoms with Crippen molar-refractivity contribution in [2.24, 2.45) is 0 Å². The molecule has 0 aliphatic heterocycles. The van der Waals surface area contributed by atoms with Crippen molar-refractivity contribution >= 4 is 5.82 Å². The molecule has 1 heterocycles. The minimum Gasteiger partial charge on any atom is -0.437 e. The maximum atomic E-state index is 13.0. The summed E-state index contributed by atoms with van der Waals surface area (Å²) in [6.07, 6.45) is 4.17. The van der Waals surface area contributed by atoms with Crippen LogP contribution in [0.4, 0.5) is 10.2 Å². The summed E-state index contributed by atoms with van der Waals surface area (Å²) in [6, 6.07) is 4.36. The predicted molar refractivity (Wildman–Crippen MR) is 72.0 cm³/mol. The molecule has 0 amide bonds. The fourth-order valence-corrected chi connectivity index (χ4v) is 1.58. The molecule has 19 heavy (non-hydrogen) atoms. The first kappa shape index (κ1) is 13.3. The van der Waals surface area contributed by atoms with Crippen LogP contribution in [0.15, 0.2) is 30.6 Å². The Morgan fingerprint density at radius 1 is 1.32 bits per heavy atom. The molecule has 0 aliphatic rings. The molecule has 0 atom stereocenters. The summed E-state index contributed by atoms with van der Waals surface area (Å²) in [5, 5.41) is 3.13. The van der Waals surface area contributed by atoms with Gasteiger partial charge >= 0.3 is 0 Å². The highest BCUT2D eigenvalue weighted by molar-refractivity contribution is 5.38. The number of aromatic nitrogens is 2. The quantitative estimate of drug-likeness (QED) is 0.894. The zero-order valence-corrected chi connectivity index (χ0v) is 11.0. The maximum absolute atomic E-state index is 13.0. The number of nitrogens with one attached hydrogen (secondary N) is 1. The number of anilines is 1. The number of hydrogen-bond acceptors (Lipinski definition) is 4. The van der Waals surface area contributed by atoms with Crippen molar-refractivity contribution < 1.29 is 9.13 Å². The van der Waals surface area contributed by atoms with Crippen LogP contribution in [0, 0.1) is 12.7 Å². The smallest absolute Gasteiger partial charge is 0.239 e. The van der Waals surface area contributed by atoms with Crippen LogP contribution < -0.4 is 10.1 Å². The average Bonchev–Trinajstić information content (AvgIpc) is 2.40. The van der Waals surface area contributed by atoms with E-state index >= 15 is 0 Å². The second-order valence-electron chi connectivity index (χ2n) is 4.18. The molecule has 0 radical (unpaired) electrons. The largest absolute Gasteiger partial charge is 0.437 e. The topological polar surface area (TPSA) is 47.0 Å². The number of aryl methyl sites for hydroxylation is 1. The van der Waals surface area contributed by atoms with Crippen LogP contribution in [0.2, 0.25) is 0 Å². The van der Waals surface area contributed by atoms with Crippen molar-refractivity contribution in [3.63, 3.8) is 0 Å². The molecule has 0 saturated carbocycles. The molecule has 0 aliphatic carbocycles. The Bertz CT molecular complexity index is 560. The minimum absolute atomic E-state index is 0.283. The highest BCUT2D eigenvalue weighted by Gasteiger charge is 2.05. The first-order valence-corrected chi connectivity index (χ1v) is 6.19. The van der Waals surface area contributed by atoms with Crippen LogP contribution in [0.25, 0.3) is 0 Å². The van der Waals surface area contributed by atoms with Gasteiger partial charge in [-0.05, 0) is 37.1 Å². The summed E-state index contributed by atoms with van der Waals surface area (Å²) in [7, 11) is 0. The zero-order chi connectivity index (χ0) is 13.7. The molecule has 1 aromatic heterocycles. The van der Waals surface area contributed by atoms with Gasteiger partial charge in [0.05, 0.1) is 12.4 Å². The summed E-state index contributed by atoms with van der Waals surface area (Å²) in [5.74, 6) is 1.34. The highest BCUT2D eigenvalue weighted by Crippen LogP contribution is 2.24. The maximum Gasteiger partial charge on any atom is 0.239 e. The number of benzene rings is 1. The second-order valence-corrected chi connectivity index (χ2v) is 4.18. The number of hydrogen-bond donors (Lipinski definition) is 1. The van der Waals surface area contributed by atoms with Gasteiger partial charge in [0.15, 0.2) is 0 Å². The van der Waals surface area contributed by atoms with Crippen molar-refractivity contribution in [2.75, 3.05) is 11.9 Å². The molecule has 5 heteroatoms. The summed E-state index contributed by atoms with van der Waals surface area (Å²) in [4.78, 5) is 8.34. The van der Waals surface area contributed by atoms with Gasteiger partial charge in [-0.25, -0.2) is 4.39 Å². The van der Waals surface area contributed by atoms with Crippen LogP contribution in [0.5, 0.6) is 11.6 Å². The lowest BCUT2D eigenvalue weighted by Gasteiger charge is -2.09. The lowest BCUT2D eigenvalue weighted by molar-refractivity contribution is 0.455. The fraction of sp³-hybridized carbons (Fsp3) is 0.286. The highest BCUT2D eigenvalue weighted by atomic mass is 19.1. The van der Waals surface area contributed by atoms with E-state index in [1.54, 1.807) is 19.2 Å². The number of halogens is 1. The Hall–Kier alpha value is -2.17. The molecular weight excluding hydrogens is 245 g/mol. The van der Waals surface area contributed by atoms with Crippen LogP contribution >= 0.6 is 0 Å². The Morgan fingerprint density at radius 2 is 2.16 bits per heavy atom. The Morgan fingerprint density at radius 3 is 2.89 bits per heavy atom. The van der Waals surface area contributed by atoms with E-state index in [0.29, 0.717) is 23.0 Å². The first-order chi connectivity index (χ1) is 9.19. The molecule has 0 bridgehead atoms. The van der Waals surface area contributed by atoms with Crippen LogP contribution in [0.1, 0.15) is 18.9 Å². The van der Waals surface area contributed by atoms with Gasteiger partial charge in [-0.2, -0.15) is 4.98 Å². The predicted octanol–water partition coefficient (Wildman–Crippen LogP) is 3.54. The third-order valence-corrected chi connectivity index (χ3v) is 2.52. The number of nitrogens with zero attached hydrogens (tertiary/aromatic N) is 2. The normalized spacial score (nSPS) is 10.3. The molecule has 2 aromatic rings. The molecule has 0 spiro atoms. The zero-order valence-electron chi connectivity index (χ0n) is 11.0. The molecule has 2 rings (SSSR count). The molecule has 100 valence electrons. The molecule has 0 saturated heterocycles. The van der Waals surface area contributed by atoms with Crippen molar-refractivity contribution in [2.45, 2.75) is 20.3 Å². The van der Waals surface area contributed by atoms with Gasteiger partial charge in [-0.1, -0.05) is 6.92 Å². The fourth-order valence-electron chi connectivity index (χ4n) is 1.58. The Labute approximate surface area is 111 Å². The van der Waals surface area contributed by atoms with Gasteiger partial charge in [0.1, 0.15) is 17.4 Å². The summed E-state index contributed by atoms with van der Waals surface area (Å²) in [6.45, 7) is 4.68. The van der Waals surface area contributed by atoms with Gasteiger partial charge in [-0.3, -0.25) is 4.98 Å². The molecule has 1 aromatic carbocycles. The lowest BCUT2D eigenvalue weighted by Crippen LogP contribution is -2.03. The first-order valence-electron chi connectivity index (χ1n) is 6.19. The van der Waals surface area contributed by atoms with Gasteiger partial charge < -0.3 is 10.1 Å². The van der Waals surface area contributed by atoms with E-state index in [9.17, 15) is 4.39 Å². The van der Waals surface area contributed by atoms with Crippen LogP contribution in [-0.2, 0) is 0 Å². The van der Waals surface area contributed by atoms with E-state index in [1.165, 1.54) is 18.3 Å². The van der Waals surface area contributed by atoms with Crippen molar-refractivity contribution in [3.8, 4) is 11.6 Å². The van der Waals surface area contributed by atoms with E-state index in [0.717, 1.165) is 13.0 Å². The third-order valence-electron chi connectivity index (χ3n) is 2.52. The van der Waals surface area contributed by atoms with E-state index in [-0.39, 0.29) is 5.82 Å². The Balaban J connectivity index is 2.14. The summed E-state index contributed by atoms with van der Waals surface area (Å²) in [5.41, 5.74) is 0.716. The Kier molecular flexibility index (Phi) is 4.28. The van der Waals surface area contributed by atoms with Gasteiger partial charge in [0, 0.05) is 6.54 Å². The van der Waals surface area contributed by atoms with Crippen molar-refractivity contribution in [1.29, 1.82) is 0 Å². The van der Waals surface area contributed by atoms with E-state index < -0.39 is 0 Å². The molecular formula is C14H16FN3O. The summed E-state index contributed by atoms with van der Waals surface area (Å²) < 4.78 is 18.6. The second kappa shape index (κ2) is 6.13. The lowest BCUT2D eigenvalue weighted by atomic mass is 10.2. The minimum atomic E-state index is -0.283. The molecule has 1 N–H and O–H groups in total. The standard InChI is InChI=1S/C14H16FN3O/c1-3-6-17-13-8-16-9-14(18-13)19-12-5-4-11(15)7-10(12)2/h4-5,7-9H,3,6H2,1-2H3,(H,17,18). The van der Waals surface area contributed by atoms with Gasteiger partial charge in [0.25, 0.3) is 0 Å². The third kappa shape index (κ3) is 3.64. The number of rotatable bonds is 5. The molecule has 0 unspecified atom stereocenters. The van der Waals surface area contributed by atoms with Crippen molar-refractivity contribution in [3.05, 3.63) is 42.0 Å². The number of ether oxygens (including phenoxy) is 1. The average molecular weight is 261 g/mol. The van der Waals surface area contributed by atoms with E-state index in [4.69, 9.17) is 4.74 Å². The van der Waals surface area contributed by atoms with Crippen molar-refractivity contribution in [1.82, 2.24) is 9.97 Å². The monoisotopic (exact) mass is 261 g/mol. The van der Waals surface area contributed by atoms with E-state index in [2.05, 4.69) is 22.2 Å².